The van der Waals surface area contributed by atoms with Gasteiger partial charge in [-0.05, 0) is 60.9 Å². The molecule has 18 heavy (non-hydrogen) atoms. The van der Waals surface area contributed by atoms with Crippen LogP contribution in [0.2, 0.25) is 0 Å². The number of fused-ring (bicyclic) bond motifs is 2. The molecule has 1 aliphatic rings. The second-order valence-electron chi connectivity index (χ2n) is 5.09. The van der Waals surface area contributed by atoms with E-state index in [0.717, 1.165) is 24.1 Å². The van der Waals surface area contributed by atoms with E-state index in [9.17, 15) is 0 Å². The Labute approximate surface area is 114 Å². The summed E-state index contributed by atoms with van der Waals surface area (Å²) in [6, 6.07) is 6.69. The molecule has 2 heteroatoms. The third-order valence-electron chi connectivity index (χ3n) is 4.01. The lowest BCUT2D eigenvalue weighted by Gasteiger charge is -2.20. The maximum Gasteiger partial charge on any atom is 0.0708 e. The van der Waals surface area contributed by atoms with Crippen LogP contribution in [0.3, 0.4) is 0 Å². The predicted octanol–water partition coefficient (Wildman–Crippen LogP) is 4.11. The van der Waals surface area contributed by atoms with Gasteiger partial charge < -0.3 is 0 Å². The third-order valence-corrected chi connectivity index (χ3v) is 4.33. The highest BCUT2D eigenvalue weighted by atomic mass is 32.1. The molecule has 0 spiro atoms. The molecule has 0 aliphatic heterocycles. The molecule has 0 unspecified atom stereocenters. The number of aromatic nitrogens is 1. The molecule has 0 bridgehead atoms. The SMILES string of the molecule is CCc1ccc2nc3c(c(CS)c2c1)CCCC3. The number of rotatable bonds is 2. The van der Waals surface area contributed by atoms with Crippen molar-refractivity contribution in [3.05, 3.63) is 40.6 Å². The summed E-state index contributed by atoms with van der Waals surface area (Å²) in [5, 5.41) is 1.32. The molecule has 0 radical (unpaired) electrons. The number of nitrogens with zero attached hydrogens (tertiary/aromatic N) is 1. The molecule has 1 aromatic heterocycles. The highest BCUT2D eigenvalue weighted by molar-refractivity contribution is 7.79. The zero-order chi connectivity index (χ0) is 12.5. The zero-order valence-corrected chi connectivity index (χ0v) is 11.8. The maximum absolute atomic E-state index is 4.87. The van der Waals surface area contributed by atoms with Crippen LogP contribution in [0, 0.1) is 0 Å². The highest BCUT2D eigenvalue weighted by Crippen LogP contribution is 2.30. The largest absolute Gasteiger partial charge is 0.253 e. The summed E-state index contributed by atoms with van der Waals surface area (Å²) < 4.78 is 0. The standard InChI is InChI=1S/C16H19NS/c1-2-11-7-8-16-13(9-11)14(10-18)12-5-3-4-6-15(12)17-16/h7-9,18H,2-6,10H2,1H3. The maximum atomic E-state index is 4.87. The third kappa shape index (κ3) is 1.93. The molecule has 0 saturated carbocycles. The fraction of sp³-hybridized carbons (Fsp3) is 0.438. The van der Waals surface area contributed by atoms with Crippen molar-refractivity contribution in [3.8, 4) is 0 Å². The molecule has 0 amide bonds. The van der Waals surface area contributed by atoms with Crippen molar-refractivity contribution in [3.63, 3.8) is 0 Å². The van der Waals surface area contributed by atoms with Crippen LogP contribution in [0.5, 0.6) is 0 Å². The van der Waals surface area contributed by atoms with Gasteiger partial charge in [-0.25, -0.2) is 0 Å². The van der Waals surface area contributed by atoms with Gasteiger partial charge in [0.1, 0.15) is 0 Å². The van der Waals surface area contributed by atoms with Gasteiger partial charge in [-0.3, -0.25) is 4.98 Å². The monoisotopic (exact) mass is 257 g/mol. The van der Waals surface area contributed by atoms with Crippen LogP contribution in [-0.2, 0) is 25.0 Å². The quantitative estimate of drug-likeness (QED) is 0.799. The van der Waals surface area contributed by atoms with Crippen LogP contribution in [0.15, 0.2) is 18.2 Å². The first-order chi connectivity index (χ1) is 8.83. The van der Waals surface area contributed by atoms with E-state index in [-0.39, 0.29) is 0 Å². The first-order valence-electron chi connectivity index (χ1n) is 6.87. The Balaban J connectivity index is 2.30. The van der Waals surface area contributed by atoms with E-state index in [4.69, 9.17) is 4.98 Å². The van der Waals surface area contributed by atoms with Gasteiger partial charge in [0.15, 0.2) is 0 Å². The Morgan fingerprint density at radius 1 is 1.22 bits per heavy atom. The molecule has 0 saturated heterocycles. The van der Waals surface area contributed by atoms with Crippen LogP contribution in [0.1, 0.15) is 42.1 Å². The van der Waals surface area contributed by atoms with Crippen molar-refractivity contribution >= 4 is 23.5 Å². The Morgan fingerprint density at radius 3 is 2.83 bits per heavy atom. The van der Waals surface area contributed by atoms with Gasteiger partial charge in [0.05, 0.1) is 5.52 Å². The number of pyridine rings is 1. The van der Waals surface area contributed by atoms with Crippen LogP contribution in [-0.4, -0.2) is 4.98 Å². The summed E-state index contributed by atoms with van der Waals surface area (Å²) in [6.07, 6.45) is 5.99. The molecule has 1 aliphatic carbocycles. The molecule has 0 atom stereocenters. The van der Waals surface area contributed by atoms with E-state index in [1.807, 2.05) is 0 Å². The number of aryl methyl sites for hydroxylation is 2. The van der Waals surface area contributed by atoms with Gasteiger partial charge in [-0.1, -0.05) is 13.0 Å². The second-order valence-corrected chi connectivity index (χ2v) is 5.40. The number of hydrogen-bond acceptors (Lipinski definition) is 2. The van der Waals surface area contributed by atoms with Gasteiger partial charge in [0.25, 0.3) is 0 Å². The Bertz CT molecular complexity index is 589. The fourth-order valence-electron chi connectivity index (χ4n) is 2.97. The molecular formula is C16H19NS. The van der Waals surface area contributed by atoms with Crippen molar-refractivity contribution < 1.29 is 0 Å². The smallest absolute Gasteiger partial charge is 0.0708 e. The van der Waals surface area contributed by atoms with Crippen LogP contribution in [0.25, 0.3) is 10.9 Å². The second kappa shape index (κ2) is 4.93. The lowest BCUT2D eigenvalue weighted by Crippen LogP contribution is -2.09. The topological polar surface area (TPSA) is 12.9 Å². The minimum Gasteiger partial charge on any atom is -0.253 e. The van der Waals surface area contributed by atoms with Crippen LogP contribution >= 0.6 is 12.6 Å². The minimum atomic E-state index is 0.828. The lowest BCUT2D eigenvalue weighted by molar-refractivity contribution is 0.667. The summed E-state index contributed by atoms with van der Waals surface area (Å²) >= 11 is 4.56. The molecule has 0 fully saturated rings. The molecule has 1 aromatic carbocycles. The Hall–Kier alpha value is -1.02. The van der Waals surface area contributed by atoms with E-state index in [1.54, 1.807) is 0 Å². The Morgan fingerprint density at radius 2 is 2.06 bits per heavy atom. The van der Waals surface area contributed by atoms with Gasteiger partial charge in [0.2, 0.25) is 0 Å². The summed E-state index contributed by atoms with van der Waals surface area (Å²) in [5.41, 5.74) is 6.77. The first-order valence-corrected chi connectivity index (χ1v) is 7.51. The van der Waals surface area contributed by atoms with Crippen molar-refractivity contribution in [1.82, 2.24) is 4.98 Å². The van der Waals surface area contributed by atoms with E-state index < -0.39 is 0 Å². The van der Waals surface area contributed by atoms with Crippen LogP contribution < -0.4 is 0 Å². The van der Waals surface area contributed by atoms with Gasteiger partial charge in [-0.15, -0.1) is 0 Å². The molecule has 2 aromatic rings. The number of hydrogen-bond donors (Lipinski definition) is 1. The van der Waals surface area contributed by atoms with E-state index >= 15 is 0 Å². The van der Waals surface area contributed by atoms with Gasteiger partial charge in [0, 0.05) is 16.8 Å². The van der Waals surface area contributed by atoms with Crippen molar-refractivity contribution in [1.29, 1.82) is 0 Å². The molecule has 3 rings (SSSR count). The average Bonchev–Trinajstić information content (AvgIpc) is 2.44. The van der Waals surface area contributed by atoms with Gasteiger partial charge >= 0.3 is 0 Å². The molecule has 0 N–H and O–H groups in total. The fourth-order valence-corrected chi connectivity index (χ4v) is 3.33. The predicted molar refractivity (Wildman–Crippen MR) is 80.5 cm³/mol. The van der Waals surface area contributed by atoms with Crippen molar-refractivity contribution in [2.75, 3.05) is 0 Å². The van der Waals surface area contributed by atoms with Crippen molar-refractivity contribution in [2.45, 2.75) is 44.8 Å². The highest BCUT2D eigenvalue weighted by Gasteiger charge is 2.17. The lowest BCUT2D eigenvalue weighted by atomic mass is 9.90. The summed E-state index contributed by atoms with van der Waals surface area (Å²) in [4.78, 5) is 4.87. The average molecular weight is 257 g/mol. The molecular weight excluding hydrogens is 238 g/mol. The summed E-state index contributed by atoms with van der Waals surface area (Å²) in [6.45, 7) is 2.20. The summed E-state index contributed by atoms with van der Waals surface area (Å²) in [7, 11) is 0. The summed E-state index contributed by atoms with van der Waals surface area (Å²) in [5.74, 6) is 0.828. The minimum absolute atomic E-state index is 0.828. The van der Waals surface area contributed by atoms with Crippen LogP contribution in [0.4, 0.5) is 0 Å². The Kier molecular flexibility index (Phi) is 3.29. The molecule has 1 heterocycles. The number of benzene rings is 1. The molecule has 94 valence electrons. The van der Waals surface area contributed by atoms with Gasteiger partial charge in [-0.2, -0.15) is 12.6 Å². The van der Waals surface area contributed by atoms with E-state index in [1.165, 1.54) is 47.0 Å². The van der Waals surface area contributed by atoms with E-state index in [2.05, 4.69) is 37.8 Å². The zero-order valence-electron chi connectivity index (χ0n) is 10.9. The molecule has 1 nitrogen and oxygen atoms in total. The van der Waals surface area contributed by atoms with Crippen molar-refractivity contribution in [2.24, 2.45) is 0 Å². The first kappa shape index (κ1) is 12.0. The number of thiol groups is 1. The van der Waals surface area contributed by atoms with E-state index in [0.29, 0.717) is 0 Å². The normalized spacial score (nSPS) is 14.8.